The summed E-state index contributed by atoms with van der Waals surface area (Å²) in [6.07, 6.45) is 6.51. The Bertz CT molecular complexity index is 1360. The van der Waals surface area contributed by atoms with Crippen LogP contribution in [0, 0.1) is 18.8 Å². The molecule has 4 rings (SSSR count). The van der Waals surface area contributed by atoms with Gasteiger partial charge in [0.05, 0.1) is 11.6 Å². The number of nitrogens with one attached hydrogen (secondary N) is 2. The lowest BCUT2D eigenvalue weighted by Crippen LogP contribution is -2.35. The molecule has 0 saturated heterocycles. The topological polar surface area (TPSA) is 106 Å². The molecule has 0 spiro atoms. The van der Waals surface area contributed by atoms with E-state index in [0.29, 0.717) is 11.5 Å². The van der Waals surface area contributed by atoms with Gasteiger partial charge in [-0.1, -0.05) is 12.0 Å². The molecular weight excluding hydrogens is 402 g/mol. The number of anilines is 1. The fourth-order valence-electron chi connectivity index (χ4n) is 3.05. The third-order valence-corrected chi connectivity index (χ3v) is 5.01. The zero-order chi connectivity index (χ0) is 22.5. The summed E-state index contributed by atoms with van der Waals surface area (Å²) in [4.78, 5) is 33.6. The van der Waals surface area contributed by atoms with Crippen LogP contribution in [-0.2, 0) is 4.79 Å². The molecule has 2 N–H and O–H groups in total. The molecule has 3 aromatic heterocycles. The van der Waals surface area contributed by atoms with E-state index in [0.717, 1.165) is 33.3 Å². The first-order valence-electron chi connectivity index (χ1n) is 10.0. The van der Waals surface area contributed by atoms with E-state index in [2.05, 4.69) is 47.4 Å². The van der Waals surface area contributed by atoms with Crippen molar-refractivity contribution in [3.05, 3.63) is 72.3 Å². The van der Waals surface area contributed by atoms with Crippen molar-refractivity contribution in [2.45, 2.75) is 19.9 Å². The van der Waals surface area contributed by atoms with Crippen molar-refractivity contribution in [3.8, 4) is 23.0 Å². The van der Waals surface area contributed by atoms with E-state index < -0.39 is 0 Å². The van der Waals surface area contributed by atoms with Crippen molar-refractivity contribution in [2.24, 2.45) is 0 Å². The van der Waals surface area contributed by atoms with E-state index in [-0.39, 0.29) is 11.9 Å². The van der Waals surface area contributed by atoms with Gasteiger partial charge in [-0.2, -0.15) is 0 Å². The van der Waals surface area contributed by atoms with Crippen LogP contribution < -0.4 is 10.6 Å². The average Bonchev–Trinajstić information content (AvgIpc) is 2.82. The molecule has 0 saturated carbocycles. The Hall–Kier alpha value is -4.22. The number of fused-ring (bicyclic) bond motifs is 1. The van der Waals surface area contributed by atoms with Gasteiger partial charge in [-0.15, -0.1) is 0 Å². The molecule has 0 radical (unpaired) electrons. The number of carbonyl (C=O) groups excluding carboxylic acids is 1. The fraction of sp³-hybridized carbons (Fsp3) is 0.167. The lowest BCUT2D eigenvalue weighted by atomic mass is 10.0. The van der Waals surface area contributed by atoms with Gasteiger partial charge in [0.25, 0.3) is 0 Å². The summed E-state index contributed by atoms with van der Waals surface area (Å²) < 4.78 is 0. The molecule has 1 aromatic carbocycles. The monoisotopic (exact) mass is 423 g/mol. The minimum Gasteiger partial charge on any atom is -0.309 e. The molecule has 0 bridgehead atoms. The number of carbonyl (C=O) groups is 1. The Balaban J connectivity index is 1.76. The fourth-order valence-corrected chi connectivity index (χ4v) is 3.05. The maximum absolute atomic E-state index is 12.3. The van der Waals surface area contributed by atoms with Crippen LogP contribution in [0.2, 0.25) is 0 Å². The minimum atomic E-state index is -0.352. The second-order valence-electron chi connectivity index (χ2n) is 7.16. The quantitative estimate of drug-likeness (QED) is 0.486. The highest BCUT2D eigenvalue weighted by Gasteiger charge is 2.14. The molecule has 1 atom stereocenters. The number of hydrogen-bond acceptors (Lipinski definition) is 7. The van der Waals surface area contributed by atoms with Gasteiger partial charge >= 0.3 is 0 Å². The molecule has 1 unspecified atom stereocenters. The standard InChI is InChI=1S/C24H21N7O/c1-15-20(12-27-13-28-15)19-7-9-23(31-24(32)16(2)25-3)30-21(19)8-5-17-4-6-18-11-26-14-29-22(18)10-17/h4,6-7,9-14,16,25H,1-3H3,(H,30,31,32). The van der Waals surface area contributed by atoms with Crippen molar-refractivity contribution in [3.63, 3.8) is 0 Å². The normalized spacial score (nSPS) is 11.5. The molecule has 158 valence electrons. The van der Waals surface area contributed by atoms with Crippen LogP contribution in [0.15, 0.2) is 55.4 Å². The summed E-state index contributed by atoms with van der Waals surface area (Å²) >= 11 is 0. The van der Waals surface area contributed by atoms with E-state index in [1.807, 2.05) is 31.2 Å². The maximum atomic E-state index is 12.3. The Morgan fingerprint density at radius 3 is 2.62 bits per heavy atom. The van der Waals surface area contributed by atoms with Crippen LogP contribution in [0.1, 0.15) is 23.9 Å². The molecule has 32 heavy (non-hydrogen) atoms. The molecule has 0 aliphatic rings. The van der Waals surface area contributed by atoms with Crippen molar-refractivity contribution in [1.82, 2.24) is 30.2 Å². The van der Waals surface area contributed by atoms with Gasteiger partial charge < -0.3 is 10.6 Å². The van der Waals surface area contributed by atoms with Gasteiger partial charge in [0, 0.05) is 40.2 Å². The first-order valence-corrected chi connectivity index (χ1v) is 10.0. The first-order chi connectivity index (χ1) is 15.5. The highest BCUT2D eigenvalue weighted by Crippen LogP contribution is 2.25. The molecule has 4 aromatic rings. The Morgan fingerprint density at radius 2 is 1.81 bits per heavy atom. The van der Waals surface area contributed by atoms with Gasteiger partial charge in [-0.25, -0.2) is 24.9 Å². The molecule has 8 nitrogen and oxygen atoms in total. The Labute approximate surface area is 185 Å². The molecule has 1 amide bonds. The van der Waals surface area contributed by atoms with Crippen LogP contribution in [0.3, 0.4) is 0 Å². The van der Waals surface area contributed by atoms with Crippen LogP contribution >= 0.6 is 0 Å². The van der Waals surface area contributed by atoms with E-state index >= 15 is 0 Å². The van der Waals surface area contributed by atoms with E-state index in [1.165, 1.54) is 12.7 Å². The van der Waals surface area contributed by atoms with Crippen molar-refractivity contribution in [1.29, 1.82) is 0 Å². The van der Waals surface area contributed by atoms with E-state index in [1.54, 1.807) is 32.4 Å². The summed E-state index contributed by atoms with van der Waals surface area (Å²) in [7, 11) is 1.73. The van der Waals surface area contributed by atoms with Crippen molar-refractivity contribution in [2.75, 3.05) is 12.4 Å². The summed E-state index contributed by atoms with van der Waals surface area (Å²) in [5.41, 5.74) is 4.56. The molecular formula is C24H21N7O. The van der Waals surface area contributed by atoms with Gasteiger partial charge in [0.1, 0.15) is 24.2 Å². The van der Waals surface area contributed by atoms with E-state index in [9.17, 15) is 4.79 Å². The zero-order valence-corrected chi connectivity index (χ0v) is 17.9. The highest BCUT2D eigenvalue weighted by molar-refractivity contribution is 5.94. The third-order valence-electron chi connectivity index (χ3n) is 5.01. The Kier molecular flexibility index (Phi) is 6.10. The van der Waals surface area contributed by atoms with E-state index in [4.69, 9.17) is 0 Å². The van der Waals surface area contributed by atoms with Crippen LogP contribution in [0.5, 0.6) is 0 Å². The molecule has 0 aliphatic carbocycles. The zero-order valence-electron chi connectivity index (χ0n) is 17.9. The Morgan fingerprint density at radius 1 is 1.00 bits per heavy atom. The highest BCUT2D eigenvalue weighted by atomic mass is 16.2. The summed E-state index contributed by atoms with van der Waals surface area (Å²) in [6.45, 7) is 3.68. The second-order valence-corrected chi connectivity index (χ2v) is 7.16. The number of benzene rings is 1. The number of nitrogens with zero attached hydrogens (tertiary/aromatic N) is 5. The number of pyridine rings is 1. The van der Waals surface area contributed by atoms with Gasteiger partial charge in [0.15, 0.2) is 0 Å². The van der Waals surface area contributed by atoms with Gasteiger partial charge in [-0.05, 0) is 51.1 Å². The number of aryl methyl sites for hydroxylation is 1. The van der Waals surface area contributed by atoms with Crippen molar-refractivity contribution >= 4 is 22.6 Å². The second kappa shape index (κ2) is 9.29. The number of amides is 1. The summed E-state index contributed by atoms with van der Waals surface area (Å²) in [6, 6.07) is 9.01. The van der Waals surface area contributed by atoms with Crippen LogP contribution in [0.25, 0.3) is 22.0 Å². The van der Waals surface area contributed by atoms with Gasteiger partial charge in [-0.3, -0.25) is 4.79 Å². The molecule has 8 heteroatoms. The number of likely N-dealkylation sites (N-methyl/N-ethyl adjacent to an activating group) is 1. The largest absolute Gasteiger partial charge is 0.309 e. The first kappa shape index (κ1) is 21.0. The van der Waals surface area contributed by atoms with Crippen LogP contribution in [0.4, 0.5) is 5.82 Å². The predicted octanol–water partition coefficient (Wildman–Crippen LogP) is 2.74. The third kappa shape index (κ3) is 4.58. The number of aromatic nitrogens is 5. The smallest absolute Gasteiger partial charge is 0.242 e. The lowest BCUT2D eigenvalue weighted by Gasteiger charge is -2.12. The molecule has 0 aliphatic heterocycles. The molecule has 3 heterocycles. The van der Waals surface area contributed by atoms with Gasteiger partial charge in [0.2, 0.25) is 5.91 Å². The lowest BCUT2D eigenvalue weighted by molar-refractivity contribution is -0.117. The van der Waals surface area contributed by atoms with Crippen molar-refractivity contribution < 1.29 is 4.79 Å². The summed E-state index contributed by atoms with van der Waals surface area (Å²) in [5.74, 6) is 6.55. The molecule has 0 fully saturated rings. The number of hydrogen-bond donors (Lipinski definition) is 2. The minimum absolute atomic E-state index is 0.180. The van der Waals surface area contributed by atoms with Crippen LogP contribution in [-0.4, -0.2) is 43.9 Å². The average molecular weight is 423 g/mol. The maximum Gasteiger partial charge on any atom is 0.242 e. The SMILES string of the molecule is CNC(C)C(=O)Nc1ccc(-c2cncnc2C)c(C#Cc2ccc3cncnc3c2)n1. The summed E-state index contributed by atoms with van der Waals surface area (Å²) in [5, 5.41) is 6.67. The number of rotatable bonds is 4. The predicted molar refractivity (Wildman–Crippen MR) is 123 cm³/mol.